The van der Waals surface area contributed by atoms with Gasteiger partial charge >= 0.3 is 0 Å². The predicted octanol–water partition coefficient (Wildman–Crippen LogP) is 2.85. The summed E-state index contributed by atoms with van der Waals surface area (Å²) in [5, 5.41) is 9.34. The number of piperidine rings is 1. The van der Waals surface area contributed by atoms with Crippen LogP contribution < -0.4 is 9.47 Å². The Morgan fingerprint density at radius 1 is 1.41 bits per heavy atom. The summed E-state index contributed by atoms with van der Waals surface area (Å²) in [5.41, 5.74) is 2.19. The number of ether oxygens (including phenoxy) is 2. The summed E-state index contributed by atoms with van der Waals surface area (Å²) in [4.78, 5) is 2.40. The normalized spacial score (nSPS) is 19.0. The van der Waals surface area contributed by atoms with Gasteiger partial charge in [-0.1, -0.05) is 12.6 Å². The second-order valence-electron chi connectivity index (χ2n) is 6.16. The molecule has 0 aromatic heterocycles. The first-order valence-corrected chi connectivity index (χ1v) is 7.89. The summed E-state index contributed by atoms with van der Waals surface area (Å²) >= 11 is 0. The van der Waals surface area contributed by atoms with Gasteiger partial charge in [0.05, 0.1) is 7.11 Å². The number of benzene rings is 1. The Kier molecular flexibility index (Phi) is 6.28. The third-order valence-corrected chi connectivity index (χ3v) is 3.97. The van der Waals surface area contributed by atoms with Gasteiger partial charge in [0.1, 0.15) is 6.61 Å². The monoisotopic (exact) mass is 305 g/mol. The van der Waals surface area contributed by atoms with Crippen molar-refractivity contribution in [3.63, 3.8) is 0 Å². The quantitative estimate of drug-likeness (QED) is 0.787. The first-order valence-electron chi connectivity index (χ1n) is 7.89. The number of likely N-dealkylation sites (tertiary alicyclic amines) is 1. The lowest BCUT2D eigenvalue weighted by atomic mass is 9.98. The minimum absolute atomic E-state index is 0.284. The molecule has 22 heavy (non-hydrogen) atoms. The fraction of sp³-hybridized carbons (Fsp3) is 0.556. The highest BCUT2D eigenvalue weighted by atomic mass is 16.5. The van der Waals surface area contributed by atoms with Crippen LogP contribution in [-0.4, -0.2) is 43.4 Å². The molecule has 2 rings (SSSR count). The van der Waals surface area contributed by atoms with Gasteiger partial charge in [-0.3, -0.25) is 4.90 Å². The molecular formula is C18H27NO3. The van der Waals surface area contributed by atoms with E-state index in [-0.39, 0.29) is 6.61 Å². The van der Waals surface area contributed by atoms with Crippen molar-refractivity contribution in [2.24, 2.45) is 5.92 Å². The maximum atomic E-state index is 9.34. The Hall–Kier alpha value is -1.52. The van der Waals surface area contributed by atoms with Gasteiger partial charge in [0.25, 0.3) is 0 Å². The lowest BCUT2D eigenvalue weighted by Gasteiger charge is -2.31. The number of hydrogen-bond acceptors (Lipinski definition) is 4. The van der Waals surface area contributed by atoms with Crippen LogP contribution in [0.5, 0.6) is 11.5 Å². The van der Waals surface area contributed by atoms with Crippen LogP contribution in [0.25, 0.3) is 0 Å². The molecule has 1 saturated heterocycles. The maximum Gasteiger partial charge on any atom is 0.161 e. The lowest BCUT2D eigenvalue weighted by molar-refractivity contribution is 0.116. The van der Waals surface area contributed by atoms with Crippen molar-refractivity contribution in [2.45, 2.75) is 26.3 Å². The van der Waals surface area contributed by atoms with Gasteiger partial charge in [0.2, 0.25) is 0 Å². The van der Waals surface area contributed by atoms with Crippen molar-refractivity contribution < 1.29 is 14.6 Å². The van der Waals surface area contributed by atoms with Crippen LogP contribution in [0.15, 0.2) is 30.4 Å². The van der Waals surface area contributed by atoms with Gasteiger partial charge < -0.3 is 14.6 Å². The summed E-state index contributed by atoms with van der Waals surface area (Å²) in [6, 6.07) is 6.08. The Bertz CT molecular complexity index is 501. The second-order valence-corrected chi connectivity index (χ2v) is 6.16. The SMILES string of the molecule is C=C(C)COc1cc(CN2CCCC(CO)C2)ccc1OC. The van der Waals surface area contributed by atoms with E-state index in [1.54, 1.807) is 7.11 Å². The van der Waals surface area contributed by atoms with Gasteiger partial charge in [-0.15, -0.1) is 0 Å². The zero-order valence-corrected chi connectivity index (χ0v) is 13.7. The minimum Gasteiger partial charge on any atom is -0.493 e. The van der Waals surface area contributed by atoms with E-state index in [1.165, 1.54) is 5.56 Å². The molecule has 0 saturated carbocycles. The van der Waals surface area contributed by atoms with Gasteiger partial charge in [-0.05, 0) is 55.5 Å². The molecule has 1 N–H and O–H groups in total. The molecule has 1 atom stereocenters. The summed E-state index contributed by atoms with van der Waals surface area (Å²) in [7, 11) is 1.65. The maximum absolute atomic E-state index is 9.34. The van der Waals surface area contributed by atoms with Crippen LogP contribution in [0.4, 0.5) is 0 Å². The molecule has 0 amide bonds. The highest BCUT2D eigenvalue weighted by Gasteiger charge is 2.19. The van der Waals surface area contributed by atoms with Crippen LogP contribution >= 0.6 is 0 Å². The van der Waals surface area contributed by atoms with Crippen molar-refractivity contribution in [3.8, 4) is 11.5 Å². The standard InChI is InChI=1S/C18H27NO3/c1-14(2)13-22-18-9-15(6-7-17(18)21-3)10-19-8-4-5-16(11-19)12-20/h6-7,9,16,20H,1,4-5,8,10-13H2,2-3H3. The second kappa shape index (κ2) is 8.20. The minimum atomic E-state index is 0.284. The summed E-state index contributed by atoms with van der Waals surface area (Å²) in [6.07, 6.45) is 2.28. The van der Waals surface area contributed by atoms with E-state index in [4.69, 9.17) is 9.47 Å². The van der Waals surface area contributed by atoms with Crippen LogP contribution in [0.2, 0.25) is 0 Å². The van der Waals surface area contributed by atoms with Gasteiger partial charge in [-0.2, -0.15) is 0 Å². The molecule has 1 heterocycles. The van der Waals surface area contributed by atoms with Crippen LogP contribution in [-0.2, 0) is 6.54 Å². The van der Waals surface area contributed by atoms with Crippen LogP contribution in [0, 0.1) is 5.92 Å². The Morgan fingerprint density at radius 2 is 2.23 bits per heavy atom. The highest BCUT2D eigenvalue weighted by molar-refractivity contribution is 5.43. The van der Waals surface area contributed by atoms with Crippen molar-refractivity contribution >= 4 is 0 Å². The first-order chi connectivity index (χ1) is 10.6. The molecule has 4 nitrogen and oxygen atoms in total. The molecule has 1 aromatic carbocycles. The van der Waals surface area contributed by atoms with Crippen LogP contribution in [0.3, 0.4) is 0 Å². The van der Waals surface area contributed by atoms with Crippen molar-refractivity contribution in [1.82, 2.24) is 4.90 Å². The van der Waals surface area contributed by atoms with E-state index < -0.39 is 0 Å². The average molecular weight is 305 g/mol. The summed E-state index contributed by atoms with van der Waals surface area (Å²) in [5.74, 6) is 1.92. The number of aliphatic hydroxyl groups is 1. The van der Waals surface area contributed by atoms with Crippen molar-refractivity contribution in [1.29, 1.82) is 0 Å². The molecule has 1 fully saturated rings. The summed E-state index contributed by atoms with van der Waals surface area (Å²) in [6.45, 7) is 9.51. The number of rotatable bonds is 7. The molecule has 0 radical (unpaired) electrons. The van der Waals surface area contributed by atoms with E-state index in [2.05, 4.69) is 17.5 Å². The third-order valence-electron chi connectivity index (χ3n) is 3.97. The van der Waals surface area contributed by atoms with E-state index >= 15 is 0 Å². The molecule has 1 aliphatic heterocycles. The van der Waals surface area contributed by atoms with E-state index in [0.29, 0.717) is 12.5 Å². The average Bonchev–Trinajstić information content (AvgIpc) is 2.53. The van der Waals surface area contributed by atoms with Crippen molar-refractivity contribution in [3.05, 3.63) is 35.9 Å². The van der Waals surface area contributed by atoms with Crippen molar-refractivity contribution in [2.75, 3.05) is 33.4 Å². The Labute approximate surface area is 133 Å². The number of methoxy groups -OCH3 is 1. The van der Waals surface area contributed by atoms with Gasteiger partial charge in [-0.25, -0.2) is 0 Å². The first kappa shape index (κ1) is 16.8. The zero-order valence-electron chi connectivity index (χ0n) is 13.7. The topological polar surface area (TPSA) is 41.9 Å². The molecule has 0 aliphatic carbocycles. The fourth-order valence-electron chi connectivity index (χ4n) is 2.84. The number of aliphatic hydroxyl groups excluding tert-OH is 1. The molecule has 1 aromatic rings. The van der Waals surface area contributed by atoms with E-state index in [9.17, 15) is 5.11 Å². The molecule has 122 valence electrons. The number of nitrogens with zero attached hydrogens (tertiary/aromatic N) is 1. The lowest BCUT2D eigenvalue weighted by Crippen LogP contribution is -2.36. The molecule has 4 heteroatoms. The Balaban J connectivity index is 2.04. The third kappa shape index (κ3) is 4.75. The Morgan fingerprint density at radius 3 is 2.91 bits per heavy atom. The van der Waals surface area contributed by atoms with E-state index in [1.807, 2.05) is 19.1 Å². The van der Waals surface area contributed by atoms with Gasteiger partial charge in [0, 0.05) is 19.7 Å². The largest absolute Gasteiger partial charge is 0.493 e. The molecule has 0 spiro atoms. The van der Waals surface area contributed by atoms with E-state index in [0.717, 1.165) is 49.5 Å². The highest BCUT2D eigenvalue weighted by Crippen LogP contribution is 2.29. The molecule has 1 aliphatic rings. The fourth-order valence-corrected chi connectivity index (χ4v) is 2.84. The van der Waals surface area contributed by atoms with Gasteiger partial charge in [0.15, 0.2) is 11.5 Å². The smallest absolute Gasteiger partial charge is 0.161 e. The molecular weight excluding hydrogens is 278 g/mol. The van der Waals surface area contributed by atoms with Crippen LogP contribution in [0.1, 0.15) is 25.3 Å². The summed E-state index contributed by atoms with van der Waals surface area (Å²) < 4.78 is 11.1. The predicted molar refractivity (Wildman–Crippen MR) is 88.4 cm³/mol. The number of hydrogen-bond donors (Lipinski definition) is 1. The molecule has 0 bridgehead atoms. The zero-order chi connectivity index (χ0) is 15.9. The molecule has 1 unspecified atom stereocenters.